The number of Topliss-reactive ketones (excluding diaryl/α,β-unsaturated/α-hetero) is 1. The molecule has 1 atom stereocenters. The lowest BCUT2D eigenvalue weighted by atomic mass is 9.92. The number of nitrogens with one attached hydrogen (secondary N) is 1. The molecule has 1 aromatic carbocycles. The summed E-state index contributed by atoms with van der Waals surface area (Å²) in [5.74, 6) is -0.645. The molecule has 118 valence electrons. The molecule has 0 saturated heterocycles. The van der Waals surface area contributed by atoms with E-state index in [-0.39, 0.29) is 23.0 Å². The molecule has 1 aliphatic heterocycles. The van der Waals surface area contributed by atoms with Crippen molar-refractivity contribution in [3.8, 4) is 0 Å². The van der Waals surface area contributed by atoms with Gasteiger partial charge in [0.25, 0.3) is 0 Å². The lowest BCUT2D eigenvalue weighted by molar-refractivity contribution is -0.134. The largest absolute Gasteiger partial charge is 0.464 e. The Labute approximate surface area is 132 Å². The normalized spacial score (nSPS) is 16.6. The van der Waals surface area contributed by atoms with Crippen LogP contribution in [0.25, 0.3) is 5.70 Å². The van der Waals surface area contributed by atoms with Crippen LogP contribution in [0.1, 0.15) is 24.1 Å². The molecule has 23 heavy (non-hydrogen) atoms. The monoisotopic (exact) mass is 313 g/mol. The van der Waals surface area contributed by atoms with Gasteiger partial charge in [-0.2, -0.15) is 4.68 Å². The molecule has 1 N–H and O–H groups in total. The lowest BCUT2D eigenvalue weighted by Gasteiger charge is -2.27. The third-order valence-electron chi connectivity index (χ3n) is 3.67. The fourth-order valence-corrected chi connectivity index (χ4v) is 2.55. The molecule has 1 unspecified atom stereocenters. The van der Waals surface area contributed by atoms with E-state index in [9.17, 15) is 9.59 Å². The summed E-state index contributed by atoms with van der Waals surface area (Å²) in [6.45, 7) is 3.37. The van der Waals surface area contributed by atoms with Crippen molar-refractivity contribution < 1.29 is 14.3 Å². The predicted octanol–water partition coefficient (Wildman–Crippen LogP) is 1.12. The number of carbonyl (C=O) groups excluding carboxylic acids is 2. The van der Waals surface area contributed by atoms with Gasteiger partial charge >= 0.3 is 5.97 Å². The Bertz CT molecular complexity index is 807. The molecule has 0 saturated carbocycles. The number of methoxy groups -OCH3 is 1. The highest BCUT2D eigenvalue weighted by Gasteiger charge is 2.36. The number of anilines is 1. The molecule has 3 rings (SSSR count). The quantitative estimate of drug-likeness (QED) is 0.848. The number of ketones is 1. The van der Waals surface area contributed by atoms with E-state index in [0.29, 0.717) is 0 Å². The number of aromatic nitrogens is 4. The van der Waals surface area contributed by atoms with Gasteiger partial charge in [-0.1, -0.05) is 34.9 Å². The van der Waals surface area contributed by atoms with E-state index in [4.69, 9.17) is 4.74 Å². The van der Waals surface area contributed by atoms with Gasteiger partial charge in [0.15, 0.2) is 11.5 Å². The number of hydrogen-bond acceptors (Lipinski definition) is 7. The van der Waals surface area contributed by atoms with Crippen LogP contribution < -0.4 is 5.32 Å². The number of hydrogen-bond donors (Lipinski definition) is 1. The minimum Gasteiger partial charge on any atom is -0.464 e. The second kappa shape index (κ2) is 5.64. The fraction of sp³-hybridized carbons (Fsp3) is 0.267. The van der Waals surface area contributed by atoms with Gasteiger partial charge in [-0.25, -0.2) is 4.79 Å². The van der Waals surface area contributed by atoms with Crippen molar-refractivity contribution in [1.82, 2.24) is 20.2 Å². The minimum atomic E-state index is -0.664. The first kappa shape index (κ1) is 14.9. The standard InChI is InChI=1S/C15H15N5O3/c1-8-4-6-10(7-5-8)12-11(9(2)21)13(14(22)23-3)20-15(16-12)17-18-19-20/h4-7,12H,1-3H3,(H,16,17,19). The zero-order valence-electron chi connectivity index (χ0n) is 12.9. The van der Waals surface area contributed by atoms with Crippen molar-refractivity contribution >= 4 is 23.4 Å². The summed E-state index contributed by atoms with van der Waals surface area (Å²) >= 11 is 0. The van der Waals surface area contributed by atoms with Crippen molar-refractivity contribution in [3.05, 3.63) is 41.0 Å². The maximum Gasteiger partial charge on any atom is 0.357 e. The number of ether oxygens (including phenoxy) is 1. The molecular formula is C15H15N5O3. The average molecular weight is 313 g/mol. The summed E-state index contributed by atoms with van der Waals surface area (Å²) in [7, 11) is 1.25. The van der Waals surface area contributed by atoms with Gasteiger partial charge in [0.1, 0.15) is 0 Å². The third kappa shape index (κ3) is 2.48. The van der Waals surface area contributed by atoms with Gasteiger partial charge in [-0.05, 0) is 29.8 Å². The lowest BCUT2D eigenvalue weighted by Crippen LogP contribution is -2.30. The number of benzene rings is 1. The summed E-state index contributed by atoms with van der Waals surface area (Å²) in [6.07, 6.45) is 0. The van der Waals surface area contributed by atoms with E-state index in [1.807, 2.05) is 31.2 Å². The number of nitrogens with zero attached hydrogens (tertiary/aromatic N) is 4. The Hall–Kier alpha value is -3.03. The zero-order chi connectivity index (χ0) is 16.6. The third-order valence-corrected chi connectivity index (χ3v) is 3.67. The van der Waals surface area contributed by atoms with Crippen molar-refractivity contribution in [3.63, 3.8) is 0 Å². The van der Waals surface area contributed by atoms with Gasteiger partial charge in [0.2, 0.25) is 5.95 Å². The fourth-order valence-electron chi connectivity index (χ4n) is 2.55. The first-order chi connectivity index (χ1) is 11.0. The van der Waals surface area contributed by atoms with Gasteiger partial charge < -0.3 is 10.1 Å². The predicted molar refractivity (Wildman–Crippen MR) is 81.3 cm³/mol. The molecule has 0 aliphatic carbocycles. The van der Waals surface area contributed by atoms with Crippen LogP contribution in [0.4, 0.5) is 5.95 Å². The van der Waals surface area contributed by atoms with E-state index < -0.39 is 12.0 Å². The van der Waals surface area contributed by atoms with Crippen LogP contribution in [0.15, 0.2) is 29.8 Å². The molecule has 1 aliphatic rings. The Balaban J connectivity index is 2.22. The highest BCUT2D eigenvalue weighted by atomic mass is 16.5. The van der Waals surface area contributed by atoms with Gasteiger partial charge in [0.05, 0.1) is 18.7 Å². The topological polar surface area (TPSA) is 99.0 Å². The molecule has 2 heterocycles. The maximum absolute atomic E-state index is 12.2. The van der Waals surface area contributed by atoms with E-state index in [1.54, 1.807) is 0 Å². The summed E-state index contributed by atoms with van der Waals surface area (Å²) in [4.78, 5) is 24.4. The molecule has 0 fully saturated rings. The maximum atomic E-state index is 12.2. The Morgan fingerprint density at radius 1 is 1.26 bits per heavy atom. The number of tetrazole rings is 1. The minimum absolute atomic E-state index is 0.0318. The van der Waals surface area contributed by atoms with E-state index in [2.05, 4.69) is 20.8 Å². The van der Waals surface area contributed by atoms with Crippen molar-refractivity contribution in [2.45, 2.75) is 19.9 Å². The van der Waals surface area contributed by atoms with Crippen LogP contribution >= 0.6 is 0 Å². The van der Waals surface area contributed by atoms with Crippen LogP contribution in [0, 0.1) is 6.92 Å². The van der Waals surface area contributed by atoms with Gasteiger partial charge in [-0.15, -0.1) is 0 Å². The number of fused-ring (bicyclic) bond motifs is 1. The van der Waals surface area contributed by atoms with E-state index in [1.165, 1.54) is 18.7 Å². The highest BCUT2D eigenvalue weighted by molar-refractivity contribution is 6.20. The molecule has 8 nitrogen and oxygen atoms in total. The Kier molecular flexibility index (Phi) is 3.65. The van der Waals surface area contributed by atoms with Crippen LogP contribution in [0.5, 0.6) is 0 Å². The van der Waals surface area contributed by atoms with Crippen molar-refractivity contribution in [2.75, 3.05) is 12.4 Å². The number of rotatable bonds is 3. The Morgan fingerprint density at radius 3 is 2.57 bits per heavy atom. The Morgan fingerprint density at radius 2 is 1.96 bits per heavy atom. The van der Waals surface area contributed by atoms with Crippen LogP contribution in [-0.2, 0) is 14.3 Å². The average Bonchev–Trinajstić information content (AvgIpc) is 3.01. The van der Waals surface area contributed by atoms with E-state index in [0.717, 1.165) is 11.1 Å². The SMILES string of the molecule is COC(=O)C1=C(C(C)=O)C(c2ccc(C)cc2)Nc2nnnn21. The molecule has 0 spiro atoms. The highest BCUT2D eigenvalue weighted by Crippen LogP contribution is 2.35. The molecular weight excluding hydrogens is 298 g/mol. The second-order valence-electron chi connectivity index (χ2n) is 5.21. The number of aryl methyl sites for hydroxylation is 1. The summed E-state index contributed by atoms with van der Waals surface area (Å²) in [6, 6.07) is 7.13. The summed E-state index contributed by atoms with van der Waals surface area (Å²) in [5.41, 5.74) is 2.22. The molecule has 2 aromatic rings. The smallest absolute Gasteiger partial charge is 0.357 e. The molecule has 1 aromatic heterocycles. The van der Waals surface area contributed by atoms with Gasteiger partial charge in [0, 0.05) is 0 Å². The van der Waals surface area contributed by atoms with Crippen LogP contribution in [-0.4, -0.2) is 39.1 Å². The number of esters is 1. The molecule has 0 radical (unpaired) electrons. The molecule has 8 heteroatoms. The second-order valence-corrected chi connectivity index (χ2v) is 5.21. The zero-order valence-corrected chi connectivity index (χ0v) is 12.9. The van der Waals surface area contributed by atoms with Crippen molar-refractivity contribution in [2.24, 2.45) is 0 Å². The first-order valence-electron chi connectivity index (χ1n) is 6.98. The summed E-state index contributed by atoms with van der Waals surface area (Å²) < 4.78 is 5.99. The van der Waals surface area contributed by atoms with Gasteiger partial charge in [-0.3, -0.25) is 4.79 Å². The van der Waals surface area contributed by atoms with Crippen molar-refractivity contribution in [1.29, 1.82) is 0 Å². The van der Waals surface area contributed by atoms with E-state index >= 15 is 0 Å². The molecule has 0 bridgehead atoms. The first-order valence-corrected chi connectivity index (χ1v) is 6.98. The van der Waals surface area contributed by atoms with Crippen LogP contribution in [0.2, 0.25) is 0 Å². The summed E-state index contributed by atoms with van der Waals surface area (Å²) in [5, 5.41) is 14.3. The molecule has 0 amide bonds. The number of carbonyl (C=O) groups is 2. The van der Waals surface area contributed by atoms with Crippen LogP contribution in [0.3, 0.4) is 0 Å².